The van der Waals surface area contributed by atoms with Crippen molar-refractivity contribution in [3.63, 3.8) is 0 Å². The second-order valence-electron chi connectivity index (χ2n) is 4.49. The molecule has 2 heterocycles. The monoisotopic (exact) mass is 214 g/mol. The van der Waals surface area contributed by atoms with Gasteiger partial charge in [0.05, 0.1) is 5.69 Å². The number of aldehydes is 1. The number of likely N-dealkylation sites (N-methyl/N-ethyl adjacent to an activating group) is 1. The molecule has 0 saturated carbocycles. The number of rotatable bonds is 1. The first-order valence-electron chi connectivity index (χ1n) is 5.55. The van der Waals surface area contributed by atoms with E-state index in [-0.39, 0.29) is 0 Å². The van der Waals surface area contributed by atoms with Crippen molar-refractivity contribution in [2.75, 3.05) is 13.6 Å². The normalized spacial score (nSPS) is 16.3. The maximum Gasteiger partial charge on any atom is 0.166 e. The van der Waals surface area contributed by atoms with Crippen LogP contribution in [-0.4, -0.2) is 29.8 Å². The molecule has 1 aromatic heterocycles. The summed E-state index contributed by atoms with van der Waals surface area (Å²) in [7, 11) is 2.13. The third-order valence-electron chi connectivity index (χ3n) is 3.35. The summed E-state index contributed by atoms with van der Waals surface area (Å²) < 4.78 is 0. The highest BCUT2D eigenvalue weighted by molar-refractivity contribution is 5.90. The average molecular weight is 214 g/mol. The Bertz CT molecular complexity index is 556. The predicted molar refractivity (Wildman–Crippen MR) is 63.7 cm³/mol. The van der Waals surface area contributed by atoms with Gasteiger partial charge in [-0.2, -0.15) is 0 Å². The van der Waals surface area contributed by atoms with Crippen LogP contribution < -0.4 is 0 Å². The highest BCUT2D eigenvalue weighted by atomic mass is 16.1. The maximum absolute atomic E-state index is 10.8. The van der Waals surface area contributed by atoms with Crippen LogP contribution >= 0.6 is 0 Å². The van der Waals surface area contributed by atoms with Crippen LogP contribution in [0.15, 0.2) is 18.2 Å². The average Bonchev–Trinajstić information content (AvgIpc) is 2.72. The SMILES string of the molecule is CN1CCc2ccc3[nH]c(C=O)cc3c2C1. The van der Waals surface area contributed by atoms with E-state index in [2.05, 4.69) is 29.1 Å². The van der Waals surface area contributed by atoms with Crippen molar-refractivity contribution in [2.45, 2.75) is 13.0 Å². The summed E-state index contributed by atoms with van der Waals surface area (Å²) in [5.74, 6) is 0. The zero-order valence-electron chi connectivity index (χ0n) is 9.29. The molecule has 0 unspecified atom stereocenters. The number of nitrogens with zero attached hydrogens (tertiary/aromatic N) is 1. The van der Waals surface area contributed by atoms with Gasteiger partial charge < -0.3 is 9.88 Å². The number of carbonyl (C=O) groups is 1. The second-order valence-corrected chi connectivity index (χ2v) is 4.49. The van der Waals surface area contributed by atoms with Gasteiger partial charge in [-0.05, 0) is 36.7 Å². The molecule has 3 rings (SSSR count). The van der Waals surface area contributed by atoms with Crippen LogP contribution in [0.2, 0.25) is 0 Å². The summed E-state index contributed by atoms with van der Waals surface area (Å²) in [5.41, 5.74) is 4.52. The number of benzene rings is 1. The van der Waals surface area contributed by atoms with Crippen molar-refractivity contribution < 1.29 is 4.79 Å². The van der Waals surface area contributed by atoms with Crippen LogP contribution in [0.4, 0.5) is 0 Å². The zero-order valence-corrected chi connectivity index (χ0v) is 9.29. The third-order valence-corrected chi connectivity index (χ3v) is 3.35. The standard InChI is InChI=1S/C13H14N2O/c1-15-5-4-9-2-3-13-11(12(9)7-15)6-10(8-16)14-13/h2-3,6,8,14H,4-5,7H2,1H3. The van der Waals surface area contributed by atoms with E-state index in [1.165, 1.54) is 16.5 Å². The van der Waals surface area contributed by atoms with Crippen molar-refractivity contribution in [3.8, 4) is 0 Å². The molecule has 1 aromatic carbocycles. The first-order chi connectivity index (χ1) is 7.78. The van der Waals surface area contributed by atoms with Gasteiger partial charge in [-0.1, -0.05) is 6.07 Å². The smallest absolute Gasteiger partial charge is 0.166 e. The van der Waals surface area contributed by atoms with Crippen molar-refractivity contribution in [1.82, 2.24) is 9.88 Å². The molecule has 3 nitrogen and oxygen atoms in total. The quantitative estimate of drug-likeness (QED) is 0.737. The minimum absolute atomic E-state index is 0.664. The van der Waals surface area contributed by atoms with E-state index in [0.717, 1.165) is 31.3 Å². The van der Waals surface area contributed by atoms with Gasteiger partial charge in [0.15, 0.2) is 6.29 Å². The molecule has 82 valence electrons. The summed E-state index contributed by atoms with van der Waals surface area (Å²) in [6, 6.07) is 6.21. The lowest BCUT2D eigenvalue weighted by molar-refractivity contribution is 0.112. The zero-order chi connectivity index (χ0) is 11.1. The van der Waals surface area contributed by atoms with E-state index in [1.54, 1.807) is 0 Å². The van der Waals surface area contributed by atoms with Gasteiger partial charge in [0.2, 0.25) is 0 Å². The van der Waals surface area contributed by atoms with Gasteiger partial charge in [0, 0.05) is 24.0 Å². The summed E-state index contributed by atoms with van der Waals surface area (Å²) in [5, 5.41) is 1.20. The Labute approximate surface area is 94.1 Å². The largest absolute Gasteiger partial charge is 0.352 e. The molecule has 1 aliphatic heterocycles. The lowest BCUT2D eigenvalue weighted by Gasteiger charge is -2.25. The van der Waals surface area contributed by atoms with E-state index < -0.39 is 0 Å². The van der Waals surface area contributed by atoms with E-state index >= 15 is 0 Å². The van der Waals surface area contributed by atoms with Crippen LogP contribution in [0.5, 0.6) is 0 Å². The molecular weight excluding hydrogens is 200 g/mol. The first-order valence-corrected chi connectivity index (χ1v) is 5.55. The van der Waals surface area contributed by atoms with Crippen LogP contribution in [0, 0.1) is 0 Å². The highest BCUT2D eigenvalue weighted by Gasteiger charge is 2.16. The fraction of sp³-hybridized carbons (Fsp3) is 0.308. The molecule has 16 heavy (non-hydrogen) atoms. The number of hydrogen-bond acceptors (Lipinski definition) is 2. The molecule has 1 N–H and O–H groups in total. The highest BCUT2D eigenvalue weighted by Crippen LogP contribution is 2.27. The van der Waals surface area contributed by atoms with Crippen LogP contribution in [0.25, 0.3) is 10.9 Å². The lowest BCUT2D eigenvalue weighted by Crippen LogP contribution is -2.26. The number of aromatic nitrogens is 1. The third kappa shape index (κ3) is 1.36. The Kier molecular flexibility index (Phi) is 2.07. The van der Waals surface area contributed by atoms with E-state index in [9.17, 15) is 4.79 Å². The summed E-state index contributed by atoms with van der Waals surface area (Å²) in [6.45, 7) is 2.09. The summed E-state index contributed by atoms with van der Waals surface area (Å²) in [6.07, 6.45) is 1.97. The van der Waals surface area contributed by atoms with Crippen molar-refractivity contribution in [1.29, 1.82) is 0 Å². The predicted octanol–water partition coefficient (Wildman–Crippen LogP) is 1.97. The van der Waals surface area contributed by atoms with Gasteiger partial charge in [0.25, 0.3) is 0 Å². The fourth-order valence-corrected chi connectivity index (χ4v) is 2.48. The van der Waals surface area contributed by atoms with Crippen LogP contribution in [-0.2, 0) is 13.0 Å². The van der Waals surface area contributed by atoms with Crippen molar-refractivity contribution in [2.24, 2.45) is 0 Å². The molecule has 0 radical (unpaired) electrons. The fourth-order valence-electron chi connectivity index (χ4n) is 2.48. The number of nitrogens with one attached hydrogen (secondary N) is 1. The molecule has 0 amide bonds. The van der Waals surface area contributed by atoms with Gasteiger partial charge in [0.1, 0.15) is 0 Å². The van der Waals surface area contributed by atoms with Gasteiger partial charge >= 0.3 is 0 Å². The molecule has 0 fully saturated rings. The topological polar surface area (TPSA) is 36.1 Å². The molecular formula is C13H14N2O. The Balaban J connectivity index is 2.25. The summed E-state index contributed by atoms with van der Waals surface area (Å²) in [4.78, 5) is 16.2. The number of hydrogen-bond donors (Lipinski definition) is 1. The Morgan fingerprint density at radius 3 is 3.12 bits per heavy atom. The van der Waals surface area contributed by atoms with Crippen LogP contribution in [0.3, 0.4) is 0 Å². The molecule has 0 spiro atoms. The molecule has 0 atom stereocenters. The number of carbonyl (C=O) groups excluding carboxylic acids is 1. The molecule has 0 saturated heterocycles. The Hall–Kier alpha value is -1.61. The molecule has 1 aliphatic rings. The van der Waals surface area contributed by atoms with Crippen molar-refractivity contribution in [3.05, 3.63) is 35.0 Å². The number of fused-ring (bicyclic) bond motifs is 3. The Morgan fingerprint density at radius 2 is 2.31 bits per heavy atom. The second kappa shape index (κ2) is 3.46. The maximum atomic E-state index is 10.8. The summed E-state index contributed by atoms with van der Waals surface area (Å²) >= 11 is 0. The van der Waals surface area contributed by atoms with E-state index in [1.807, 2.05) is 6.07 Å². The van der Waals surface area contributed by atoms with E-state index in [0.29, 0.717) is 5.69 Å². The molecule has 3 heteroatoms. The lowest BCUT2D eigenvalue weighted by atomic mass is 9.97. The number of aromatic amines is 1. The van der Waals surface area contributed by atoms with Gasteiger partial charge in [-0.15, -0.1) is 0 Å². The van der Waals surface area contributed by atoms with Crippen molar-refractivity contribution >= 4 is 17.2 Å². The van der Waals surface area contributed by atoms with E-state index in [4.69, 9.17) is 0 Å². The minimum atomic E-state index is 0.664. The van der Waals surface area contributed by atoms with Gasteiger partial charge in [-0.3, -0.25) is 4.79 Å². The molecule has 0 bridgehead atoms. The molecule has 2 aromatic rings. The minimum Gasteiger partial charge on any atom is -0.352 e. The number of H-pyrrole nitrogens is 1. The first kappa shape index (κ1) is 9.60. The van der Waals surface area contributed by atoms with Gasteiger partial charge in [-0.25, -0.2) is 0 Å². The Morgan fingerprint density at radius 1 is 1.44 bits per heavy atom. The van der Waals surface area contributed by atoms with Crippen LogP contribution in [0.1, 0.15) is 21.6 Å². The molecule has 0 aliphatic carbocycles.